The Morgan fingerprint density at radius 2 is 2.03 bits per heavy atom. The number of halogens is 2. The van der Waals surface area contributed by atoms with Crippen LogP contribution in [0, 0.1) is 0 Å². The molecule has 0 aliphatic carbocycles. The first-order chi connectivity index (χ1) is 16.4. The molecule has 2 amide bonds. The smallest absolute Gasteiger partial charge is 0.387 e. The van der Waals surface area contributed by atoms with Crippen molar-refractivity contribution in [3.63, 3.8) is 0 Å². The Bertz CT molecular complexity index is 1250. The highest BCUT2D eigenvalue weighted by Crippen LogP contribution is 2.34. The van der Waals surface area contributed by atoms with Crippen molar-refractivity contribution in [3.05, 3.63) is 53.3 Å². The van der Waals surface area contributed by atoms with Gasteiger partial charge in [-0.05, 0) is 61.6 Å². The van der Waals surface area contributed by atoms with Gasteiger partial charge in [0.05, 0.1) is 11.7 Å². The topological polar surface area (TPSA) is 94.5 Å². The van der Waals surface area contributed by atoms with E-state index in [0.717, 1.165) is 23.8 Å². The molecule has 0 spiro atoms. The molecule has 5 rings (SSSR count). The zero-order valence-corrected chi connectivity index (χ0v) is 18.5. The Kier molecular flexibility index (Phi) is 5.91. The predicted octanol–water partition coefficient (Wildman–Crippen LogP) is 4.09. The Morgan fingerprint density at radius 1 is 1.24 bits per heavy atom. The fraction of sp³-hybridized carbons (Fsp3) is 0.375. The molecule has 3 aromatic rings. The van der Waals surface area contributed by atoms with Crippen LogP contribution in [0.2, 0.25) is 0 Å². The highest BCUT2D eigenvalue weighted by Gasteiger charge is 2.26. The summed E-state index contributed by atoms with van der Waals surface area (Å²) in [4.78, 5) is 29.7. The Hall–Kier alpha value is -3.53. The molecule has 10 heteroatoms. The number of hydrogen-bond donors (Lipinski definition) is 2. The van der Waals surface area contributed by atoms with Crippen LogP contribution >= 0.6 is 0 Å². The number of aromatic nitrogens is 2. The van der Waals surface area contributed by atoms with E-state index < -0.39 is 12.5 Å². The van der Waals surface area contributed by atoms with Crippen molar-refractivity contribution in [1.29, 1.82) is 0 Å². The Morgan fingerprint density at radius 3 is 2.79 bits per heavy atom. The molecule has 34 heavy (non-hydrogen) atoms. The second-order valence-electron chi connectivity index (χ2n) is 8.54. The van der Waals surface area contributed by atoms with Gasteiger partial charge in [-0.1, -0.05) is 6.07 Å². The van der Waals surface area contributed by atoms with Gasteiger partial charge in [0.15, 0.2) is 0 Å². The number of fused-ring (bicyclic) bond motifs is 3. The van der Waals surface area contributed by atoms with Crippen molar-refractivity contribution in [2.45, 2.75) is 38.3 Å². The maximum absolute atomic E-state index is 13.1. The Labute approximate surface area is 194 Å². The van der Waals surface area contributed by atoms with Gasteiger partial charge < -0.3 is 24.7 Å². The van der Waals surface area contributed by atoms with E-state index in [1.165, 1.54) is 6.07 Å². The number of amides is 2. The molecular formula is C24H24F2N4O4. The number of carbonyl (C=O) groups excluding carboxylic acids is 2. The second kappa shape index (κ2) is 9.02. The van der Waals surface area contributed by atoms with Crippen molar-refractivity contribution in [2.24, 2.45) is 0 Å². The molecule has 2 aromatic heterocycles. The highest BCUT2D eigenvalue weighted by molar-refractivity contribution is 6.05. The molecule has 0 saturated carbocycles. The van der Waals surface area contributed by atoms with E-state index in [4.69, 9.17) is 9.47 Å². The minimum absolute atomic E-state index is 0.0280. The molecule has 0 unspecified atom stereocenters. The van der Waals surface area contributed by atoms with Crippen LogP contribution in [0.1, 0.15) is 58.3 Å². The monoisotopic (exact) mass is 470 g/mol. The van der Waals surface area contributed by atoms with Crippen LogP contribution in [0.25, 0.3) is 11.0 Å². The summed E-state index contributed by atoms with van der Waals surface area (Å²) in [5.74, 6) is -0.676. The lowest BCUT2D eigenvalue weighted by atomic mass is 9.91. The molecule has 0 radical (unpaired) electrons. The second-order valence-corrected chi connectivity index (χ2v) is 8.54. The zero-order valence-electron chi connectivity index (χ0n) is 18.5. The summed E-state index contributed by atoms with van der Waals surface area (Å²) in [5.41, 5.74) is 2.10. The third-order valence-corrected chi connectivity index (χ3v) is 6.31. The summed E-state index contributed by atoms with van der Waals surface area (Å²) in [6, 6.07) is 9.90. The number of nitrogens with one attached hydrogen (secondary N) is 2. The van der Waals surface area contributed by atoms with Crippen LogP contribution in [0.3, 0.4) is 0 Å². The molecule has 1 saturated heterocycles. The molecule has 178 valence electrons. The normalized spacial score (nSPS) is 18.6. The van der Waals surface area contributed by atoms with Gasteiger partial charge in [0, 0.05) is 25.1 Å². The van der Waals surface area contributed by atoms with E-state index in [0.29, 0.717) is 31.1 Å². The number of alkyl halides is 2. The van der Waals surface area contributed by atoms with Gasteiger partial charge in [0.1, 0.15) is 22.8 Å². The summed E-state index contributed by atoms with van der Waals surface area (Å²) in [7, 11) is 0. The average Bonchev–Trinajstić information content (AvgIpc) is 3.23. The van der Waals surface area contributed by atoms with E-state index >= 15 is 0 Å². The molecule has 2 N–H and O–H groups in total. The van der Waals surface area contributed by atoms with Crippen LogP contribution in [0.15, 0.2) is 36.4 Å². The van der Waals surface area contributed by atoms with Crippen molar-refractivity contribution in [3.8, 4) is 5.75 Å². The third kappa shape index (κ3) is 4.21. The fourth-order valence-electron chi connectivity index (χ4n) is 4.57. The van der Waals surface area contributed by atoms with Gasteiger partial charge >= 0.3 is 6.61 Å². The van der Waals surface area contributed by atoms with E-state index in [9.17, 15) is 18.4 Å². The summed E-state index contributed by atoms with van der Waals surface area (Å²) >= 11 is 0. The van der Waals surface area contributed by atoms with Gasteiger partial charge in [0.2, 0.25) is 0 Å². The third-order valence-electron chi connectivity index (χ3n) is 6.31. The van der Waals surface area contributed by atoms with Gasteiger partial charge in [-0.15, -0.1) is 0 Å². The lowest BCUT2D eigenvalue weighted by Crippen LogP contribution is -2.37. The number of pyridine rings is 1. The molecular weight excluding hydrogens is 446 g/mol. The lowest BCUT2D eigenvalue weighted by Gasteiger charge is -2.23. The minimum Gasteiger partial charge on any atom is -0.433 e. The molecule has 1 fully saturated rings. The molecule has 1 atom stereocenters. The molecule has 2 aliphatic heterocycles. The lowest BCUT2D eigenvalue weighted by molar-refractivity contribution is -0.0494. The van der Waals surface area contributed by atoms with E-state index in [-0.39, 0.29) is 35.0 Å². The van der Waals surface area contributed by atoms with Gasteiger partial charge in [-0.3, -0.25) is 9.59 Å². The first-order valence-electron chi connectivity index (χ1n) is 11.2. The van der Waals surface area contributed by atoms with Crippen LogP contribution in [0.5, 0.6) is 5.75 Å². The quantitative estimate of drug-likeness (QED) is 0.586. The first kappa shape index (κ1) is 22.3. The fourth-order valence-corrected chi connectivity index (χ4v) is 4.57. The maximum atomic E-state index is 13.1. The van der Waals surface area contributed by atoms with Crippen LogP contribution in [-0.4, -0.2) is 47.7 Å². The number of benzene rings is 1. The van der Waals surface area contributed by atoms with Gasteiger partial charge in [0.25, 0.3) is 11.8 Å². The minimum atomic E-state index is -3.03. The van der Waals surface area contributed by atoms with E-state index in [2.05, 4.69) is 15.6 Å². The van der Waals surface area contributed by atoms with Crippen molar-refractivity contribution in [1.82, 2.24) is 14.9 Å². The van der Waals surface area contributed by atoms with Crippen LogP contribution in [0.4, 0.5) is 14.5 Å². The van der Waals surface area contributed by atoms with Crippen molar-refractivity contribution >= 4 is 28.5 Å². The Balaban J connectivity index is 1.44. The summed E-state index contributed by atoms with van der Waals surface area (Å²) in [6.45, 7) is 0.611. The zero-order chi connectivity index (χ0) is 23.8. The number of nitrogens with zero attached hydrogens (tertiary/aromatic N) is 2. The summed E-state index contributed by atoms with van der Waals surface area (Å²) in [6.07, 6.45) is 1.59. The predicted molar refractivity (Wildman–Crippen MR) is 121 cm³/mol. The molecule has 8 nitrogen and oxygen atoms in total. The number of hydrogen-bond acceptors (Lipinski definition) is 5. The largest absolute Gasteiger partial charge is 0.433 e. The number of anilines is 1. The van der Waals surface area contributed by atoms with Gasteiger partial charge in [-0.2, -0.15) is 8.78 Å². The molecule has 0 bridgehead atoms. The molecule has 2 aliphatic rings. The summed E-state index contributed by atoms with van der Waals surface area (Å²) in [5, 5.41) is 6.20. The number of carbonyl (C=O) groups is 2. The maximum Gasteiger partial charge on any atom is 0.387 e. The first-order valence-corrected chi connectivity index (χ1v) is 11.2. The summed E-state index contributed by atoms with van der Waals surface area (Å²) < 4.78 is 38.1. The van der Waals surface area contributed by atoms with E-state index in [1.807, 2.05) is 13.0 Å². The van der Waals surface area contributed by atoms with Crippen molar-refractivity contribution in [2.75, 3.05) is 25.1 Å². The number of rotatable bonds is 5. The molecule has 4 heterocycles. The SMILES string of the molecule is C[C@@H]1CNC(=O)c2cc3ccc(C(=O)Nc4ccc(C5CCOCC5)cc4OC(F)F)nc3n21. The van der Waals surface area contributed by atoms with Crippen LogP contribution < -0.4 is 15.4 Å². The standard InChI is InChI=1S/C24H24F2N4O4/c1-13-12-27-23(32)19-10-16-3-5-18(28-21(16)30(13)19)22(31)29-17-4-2-15(11-20(17)34-24(25)26)14-6-8-33-9-7-14/h2-5,10-11,13-14,24H,6-9,12H2,1H3,(H,27,32)(H,29,31)/t13-/m1/s1. The van der Waals surface area contributed by atoms with Gasteiger partial charge in [-0.25, -0.2) is 4.98 Å². The molecule has 1 aromatic carbocycles. The highest BCUT2D eigenvalue weighted by atomic mass is 19.3. The van der Waals surface area contributed by atoms with Crippen molar-refractivity contribution < 1.29 is 27.8 Å². The van der Waals surface area contributed by atoms with E-state index in [1.54, 1.807) is 28.8 Å². The van der Waals surface area contributed by atoms with Crippen LogP contribution in [-0.2, 0) is 4.74 Å². The number of ether oxygens (including phenoxy) is 2. The average molecular weight is 470 g/mol.